The van der Waals surface area contributed by atoms with Crippen molar-refractivity contribution in [2.24, 2.45) is 0 Å². The smallest absolute Gasteiger partial charge is 0.488 e. The summed E-state index contributed by atoms with van der Waals surface area (Å²) in [5.41, 5.74) is 27.3. The van der Waals surface area contributed by atoms with E-state index in [-0.39, 0.29) is 68.2 Å². The number of quaternary nitrogens is 2. The number of aromatic amines is 2. The Balaban J connectivity index is 0.000000191. The number of phosphoric acid groups is 6. The molecule has 0 radical (unpaired) electrons. The first kappa shape index (κ1) is 89.5. The molecule has 13 heterocycles. The molecule has 68 heteroatoms. The molecule has 8 aromatic heterocycles. The van der Waals surface area contributed by atoms with Gasteiger partial charge < -0.3 is 122 Å². The summed E-state index contributed by atoms with van der Waals surface area (Å²) >= 11 is 0. The Morgan fingerprint density at radius 2 is 0.929 bits per heavy atom. The second-order valence-corrected chi connectivity index (χ2v) is 35.8. The van der Waals surface area contributed by atoms with Gasteiger partial charge in [-0.25, -0.2) is 88.9 Å². The van der Waals surface area contributed by atoms with Crippen LogP contribution in [0.1, 0.15) is 38.8 Å². The SMILES string of the molecule is CC[NH3+].CC[NH3+].Nc1nc2c(ncn2[C@@H]2O[C@@H]3COP(=O)([O-])O[C@H]4[C@@H](F)[C@H](n5cnc6c(N)ncnc65)O[C@@H]4COP(=O)(O)O[C@@H]2[C@@H]3F)c(=O)[nH]1.Nc1nc2c(ncn2[C@@H]2O[C@H](CP(=O)(O)OP(=O)(O)OP(=O)(O)O)[C@@H](F)[C@H]2O)c(=O)[nH]1.Nc1ncnc2c1ncn2[C@@H]1O[C@H](CP(=O)(O)OP(=O)(O)OP(=O)(O)O)[C@@H](O)[C@H]1F. The number of imidazole rings is 4. The number of aliphatic hydroxyl groups excluding tert-OH is 2. The van der Waals surface area contributed by atoms with E-state index in [1.807, 2.05) is 13.8 Å². The Morgan fingerprint density at radius 1 is 0.527 bits per heavy atom. The molecular weight excluding hydrogens is 1700 g/mol. The summed E-state index contributed by atoms with van der Waals surface area (Å²) in [6.45, 7) is 4.00. The van der Waals surface area contributed by atoms with Crippen molar-refractivity contribution in [3.05, 3.63) is 58.7 Å². The van der Waals surface area contributed by atoms with E-state index in [4.69, 9.17) is 79.6 Å². The van der Waals surface area contributed by atoms with Gasteiger partial charge in [0.05, 0.1) is 63.9 Å². The largest absolute Gasteiger partial charge is 0.756 e. The number of anilines is 4. The van der Waals surface area contributed by atoms with Crippen molar-refractivity contribution < 1.29 is 179 Å². The average molecular weight is 1770 g/mol. The van der Waals surface area contributed by atoms with Gasteiger partial charge in [0.15, 0.2) is 94.9 Å². The fourth-order valence-electron chi connectivity index (χ4n) is 10.7. The van der Waals surface area contributed by atoms with Gasteiger partial charge in [-0.1, -0.05) is 0 Å². The molecule has 27 N–H and O–H groups in total. The highest BCUT2D eigenvalue weighted by Crippen LogP contribution is 2.68. The van der Waals surface area contributed by atoms with Gasteiger partial charge in [0, 0.05) is 0 Å². The number of alkyl halides is 4. The number of nitrogens with two attached hydrogens (primary N) is 4. The summed E-state index contributed by atoms with van der Waals surface area (Å²) in [6.07, 6.45) is -26.8. The number of phosphoric ester groups is 2. The molecule has 0 spiro atoms. The highest BCUT2D eigenvalue weighted by atomic mass is 31.3. The molecule has 0 amide bonds. The van der Waals surface area contributed by atoms with Gasteiger partial charge in [-0.3, -0.25) is 60.6 Å². The van der Waals surface area contributed by atoms with Crippen molar-refractivity contribution in [2.75, 3.05) is 61.6 Å². The summed E-state index contributed by atoms with van der Waals surface area (Å²) in [6, 6.07) is 0. The van der Waals surface area contributed by atoms with Gasteiger partial charge in [-0.15, -0.1) is 0 Å². The van der Waals surface area contributed by atoms with E-state index in [1.165, 1.54) is 0 Å². The van der Waals surface area contributed by atoms with Crippen LogP contribution in [0.25, 0.3) is 44.7 Å². The van der Waals surface area contributed by atoms with E-state index < -0.39 is 197 Å². The van der Waals surface area contributed by atoms with E-state index in [0.717, 1.165) is 69.3 Å². The number of fused-ring (bicyclic) bond motifs is 7. The maximum atomic E-state index is 15.8. The number of aliphatic hydroxyl groups is 2. The molecule has 5 saturated heterocycles. The molecule has 8 aromatic rings. The molecule has 0 aliphatic carbocycles. The van der Waals surface area contributed by atoms with Crippen LogP contribution in [0.15, 0.2) is 47.6 Å². The van der Waals surface area contributed by atoms with E-state index >= 15 is 8.78 Å². The third-order valence-electron chi connectivity index (χ3n) is 14.9. The number of nitrogens with one attached hydrogen (secondary N) is 2. The molecule has 13 rings (SSSR count). The average Bonchev–Trinajstić information content (AvgIpc) is 1.62. The zero-order chi connectivity index (χ0) is 83.1. The van der Waals surface area contributed by atoms with E-state index in [1.54, 1.807) is 0 Å². The number of halogens is 4. The Labute approximate surface area is 618 Å². The van der Waals surface area contributed by atoms with E-state index in [9.17, 15) is 94.5 Å². The third kappa shape index (κ3) is 21.4. The molecule has 112 heavy (non-hydrogen) atoms. The minimum atomic E-state index is -5.73. The first-order chi connectivity index (χ1) is 51.9. The van der Waals surface area contributed by atoms with Gasteiger partial charge in [-0.2, -0.15) is 18.6 Å². The molecule has 56 nitrogen and oxygen atoms in total. The number of hydrogen-bond donors (Lipinski definition) is 19. The van der Waals surface area contributed by atoms with Crippen LogP contribution >= 0.6 is 62.1 Å². The van der Waals surface area contributed by atoms with E-state index in [0.29, 0.717) is 0 Å². The zero-order valence-corrected chi connectivity index (χ0v) is 63.5. The number of nitrogen functional groups attached to an aromatic ring is 4. The van der Waals surface area contributed by atoms with Gasteiger partial charge in [-0.05, 0) is 13.8 Å². The first-order valence-electron chi connectivity index (χ1n) is 30.9. The van der Waals surface area contributed by atoms with Crippen LogP contribution in [0.5, 0.6) is 0 Å². The lowest BCUT2D eigenvalue weighted by atomic mass is 10.1. The first-order valence-corrected chi connectivity index (χ1v) is 43.4. The van der Waals surface area contributed by atoms with Crippen molar-refractivity contribution in [1.29, 1.82) is 0 Å². The molecule has 0 saturated carbocycles. The standard InChI is InChI=1S/C20H22F2N10O11P2.C10H15FN5O12P3.C10H15FN5O11P3.2C2H7N/c21-8-6-1-38-44(34,35)42-12-7(41-18(9(12)22)31-4-27-10-14(23)25-3-26-15(10)31)2-39-45(36,37)43-13(8)19(40-6)32-5-28-11-16(32)29-20(24)30-17(11)33;11-4-3(1-29(19,20)27-31(24,25)28-30(21,22)23)26-9(6(4)17)16-2-13-5-7(16)14-10(12)15-8(5)18;11-5-7(17)4(1-28(18,19)26-30(23,24)27-29(20,21)22)25-10(5)16-3-15-6-8(12)13-2-14-9(6)16;2*1-2-3/h3-9,12-13,18-19H,1-2H2,(H,34,35)(H,36,37)(H2,23,25,26)(H3,24,29,30,33);2-4,6,9,17H,1H2,(H,19,20)(H,24,25)(H2,21,22,23)(H3,12,14,15,18);2-5,7,10,17H,1H2,(H,18,19)(H,23,24)(H2,12,13,14)(H2,20,21,22);2*2-3H2,1H3/p+1/t6-,7-,8-,9-,12-,13-,18-,19-;3-,4-,6-,9-;4-,5-,7-,10-;;/m111../s1. The van der Waals surface area contributed by atoms with Crippen molar-refractivity contribution in [1.82, 2.24) is 78.1 Å². The highest BCUT2D eigenvalue weighted by Gasteiger charge is 2.56. The Bertz CT molecular complexity index is 5260. The lowest BCUT2D eigenvalue weighted by molar-refractivity contribution is -0.362. The molecule has 22 atom stereocenters. The van der Waals surface area contributed by atoms with Crippen LogP contribution in [0.2, 0.25) is 0 Å². The predicted octanol–water partition coefficient (Wildman–Crippen LogP) is -4.40. The van der Waals surface area contributed by atoms with Crippen molar-refractivity contribution >= 4 is 130 Å². The second kappa shape index (κ2) is 34.8. The number of nitrogens with zero attached hydrogens (tertiary/aromatic N) is 14. The number of H-pyrrole nitrogens is 2. The van der Waals surface area contributed by atoms with Gasteiger partial charge in [0.2, 0.25) is 11.9 Å². The maximum absolute atomic E-state index is 15.8. The molecule has 624 valence electrons. The molecule has 5 fully saturated rings. The summed E-state index contributed by atoms with van der Waals surface area (Å²) < 4.78 is 215. The van der Waals surface area contributed by atoms with E-state index in [2.05, 4.69) is 88.5 Å². The summed E-state index contributed by atoms with van der Waals surface area (Å²) in [5.74, 6) is -0.695. The molecule has 5 aliphatic rings. The molecule has 2 bridgehead atoms. The number of ether oxygens (including phenoxy) is 4. The zero-order valence-electron chi connectivity index (χ0n) is 56.3. The highest BCUT2D eigenvalue weighted by molar-refractivity contribution is 7.68. The lowest BCUT2D eigenvalue weighted by Crippen LogP contribution is -2.48. The Morgan fingerprint density at radius 3 is 1.39 bits per heavy atom. The Hall–Kier alpha value is -6.48. The molecule has 0 aromatic carbocycles. The predicted molar refractivity (Wildman–Crippen MR) is 355 cm³/mol. The summed E-state index contributed by atoms with van der Waals surface area (Å²) in [7, 11) is -43.7. The van der Waals surface area contributed by atoms with Crippen LogP contribution in [0.4, 0.5) is 41.1 Å². The quantitative estimate of drug-likeness (QED) is 0.0321. The number of hydrogen-bond acceptors (Lipinski definition) is 39. The van der Waals surface area contributed by atoms with Crippen molar-refractivity contribution in [2.45, 2.75) is 112 Å². The summed E-state index contributed by atoms with van der Waals surface area (Å²) in [4.78, 5) is 162. The molecule has 5 aliphatic heterocycles. The Kier molecular flexibility index (Phi) is 27.8. The number of rotatable bonds is 16. The lowest BCUT2D eigenvalue weighted by Gasteiger charge is -2.30. The van der Waals surface area contributed by atoms with Crippen LogP contribution in [-0.2, 0) is 90.8 Å². The normalized spacial score (nSPS) is 31.1. The summed E-state index contributed by atoms with van der Waals surface area (Å²) in [5, 5.41) is 20.2. The van der Waals surface area contributed by atoms with Gasteiger partial charge >= 0.3 is 54.3 Å². The molecular formula is C44H67F4N22O34P8+. The fourth-order valence-corrected chi connectivity index (χ4v) is 20.1. The van der Waals surface area contributed by atoms with Crippen LogP contribution in [-0.4, -0.2) is 244 Å². The van der Waals surface area contributed by atoms with Crippen LogP contribution in [0, 0.1) is 0 Å². The van der Waals surface area contributed by atoms with Gasteiger partial charge in [0.25, 0.3) is 18.9 Å². The maximum Gasteiger partial charge on any atom is 0.488 e. The topological polar surface area (TPSA) is 867 Å². The third-order valence-corrected chi connectivity index (χ3v) is 25.5. The van der Waals surface area contributed by atoms with Gasteiger partial charge in [0.1, 0.15) is 72.5 Å². The monoisotopic (exact) mass is 1770 g/mol. The van der Waals surface area contributed by atoms with Crippen molar-refractivity contribution in [3.8, 4) is 0 Å². The minimum Gasteiger partial charge on any atom is -0.756 e. The minimum absolute atomic E-state index is 0.0127. The van der Waals surface area contributed by atoms with Crippen LogP contribution in [0.3, 0.4) is 0 Å². The fraction of sp³-hybridized carbons (Fsp3) is 0.545. The molecule has 6 unspecified atom stereocenters. The van der Waals surface area contributed by atoms with Crippen molar-refractivity contribution in [3.63, 3.8) is 0 Å². The second-order valence-electron chi connectivity index (χ2n) is 23.3. The number of aromatic nitrogens is 16. The van der Waals surface area contributed by atoms with Crippen LogP contribution < -0.4 is 50.4 Å².